The van der Waals surface area contributed by atoms with Crippen LogP contribution >= 0.6 is 0 Å². The van der Waals surface area contributed by atoms with Gasteiger partial charge in [0.25, 0.3) is 0 Å². The third-order valence-corrected chi connectivity index (χ3v) is 0. The summed E-state index contributed by atoms with van der Waals surface area (Å²) >= 11 is 0. The van der Waals surface area contributed by atoms with Gasteiger partial charge in [-0.3, -0.25) is 0 Å². The first-order valence-corrected chi connectivity index (χ1v) is 0. The van der Waals surface area contributed by atoms with E-state index < -0.39 is 0 Å². The monoisotopic (exact) mass is 849 g/mol. The summed E-state index contributed by atoms with van der Waals surface area (Å²) in [7, 11) is 0. The second-order valence-electron chi connectivity index (χ2n) is 0. The van der Waals surface area contributed by atoms with Crippen LogP contribution in [0.25, 0.3) is 0 Å². The van der Waals surface area contributed by atoms with Crippen molar-refractivity contribution in [2.45, 2.75) is 0 Å². The minimum Gasteiger partial charge on any atom is -2.00 e. The van der Waals surface area contributed by atoms with Gasteiger partial charge in [-0.15, -0.1) is 0 Å². The Bertz CT molecular complexity index is 10.0. The van der Waals surface area contributed by atoms with E-state index in [-0.39, 0.29) is 312 Å². The Labute approximate surface area is 300 Å². The van der Waals surface area contributed by atoms with Crippen molar-refractivity contribution in [1.29, 1.82) is 0 Å². The third kappa shape index (κ3) is 52.6. The van der Waals surface area contributed by atoms with Crippen molar-refractivity contribution in [2.24, 2.45) is 0 Å². The van der Waals surface area contributed by atoms with Gasteiger partial charge in [0.2, 0.25) is 0 Å². The maximum atomic E-state index is 0. The van der Waals surface area contributed by atoms with E-state index in [1.807, 2.05) is 0 Å². The van der Waals surface area contributed by atoms with Crippen molar-refractivity contribution in [2.75, 3.05) is 0 Å². The fourth-order valence-electron chi connectivity index (χ4n) is 0. The molecule has 0 fully saturated rings. The van der Waals surface area contributed by atoms with Crippen molar-refractivity contribution in [3.05, 3.63) is 0 Å². The van der Waals surface area contributed by atoms with Gasteiger partial charge in [-0.1, -0.05) is 0 Å². The average molecular weight is 847 g/mol. The molecule has 0 saturated heterocycles. The maximum Gasteiger partial charge on any atom is 2.00 e. The van der Waals surface area contributed by atoms with Gasteiger partial charge >= 0.3 is 244 Å². The molecule has 0 rings (SSSR count). The van der Waals surface area contributed by atoms with Gasteiger partial charge in [0.1, 0.15) is 0 Å². The third-order valence-electron chi connectivity index (χ3n) is 0. The molecule has 0 bridgehead atoms. The summed E-state index contributed by atoms with van der Waals surface area (Å²) in [6.07, 6.45) is 0. The quantitative estimate of drug-likeness (QED) is 0.250. The molecule has 10 heavy (non-hydrogen) atoms. The molecular formula is Ba5S5. The van der Waals surface area contributed by atoms with Gasteiger partial charge in [-0.05, 0) is 0 Å². The minimum absolute atomic E-state index is 0. The zero-order valence-corrected chi connectivity index (χ0v) is 31.9. The van der Waals surface area contributed by atoms with Crippen LogP contribution in [-0.4, -0.2) is 244 Å². The van der Waals surface area contributed by atoms with Gasteiger partial charge in [0, 0.05) is 0 Å². The number of hydrogen-bond acceptors (Lipinski definition) is 0. The average Bonchev–Trinajstić information content (AvgIpc) is 0. The van der Waals surface area contributed by atoms with Crippen LogP contribution in [0.2, 0.25) is 0 Å². The number of hydrogen-bond donors (Lipinski definition) is 0. The van der Waals surface area contributed by atoms with Crippen molar-refractivity contribution in [1.82, 2.24) is 0 Å². The van der Waals surface area contributed by atoms with Crippen LogP contribution in [0, 0.1) is 0 Å². The van der Waals surface area contributed by atoms with E-state index in [4.69, 9.17) is 0 Å². The SMILES string of the molecule is [Ba+2].[Ba+2].[Ba+2].[Ba+2].[Ba+2].[S-2].[S-2].[S-2].[S-2].[S-2]. The first kappa shape index (κ1) is 73.6. The van der Waals surface area contributed by atoms with Gasteiger partial charge in [-0.25, -0.2) is 0 Å². The van der Waals surface area contributed by atoms with E-state index in [0.29, 0.717) is 0 Å². The van der Waals surface area contributed by atoms with Crippen molar-refractivity contribution >= 4 is 312 Å². The molecule has 0 unspecified atom stereocenters. The molecular weight excluding hydrogens is 847 g/mol. The van der Waals surface area contributed by atoms with Gasteiger partial charge in [0.15, 0.2) is 0 Å². The van der Waals surface area contributed by atoms with Gasteiger partial charge < -0.3 is 67.5 Å². The predicted molar refractivity (Wildman–Crippen MR) is 65.6 cm³/mol. The van der Waals surface area contributed by atoms with E-state index in [1.54, 1.807) is 0 Å². The molecule has 0 saturated carbocycles. The van der Waals surface area contributed by atoms with Crippen molar-refractivity contribution in [3.8, 4) is 0 Å². The molecule has 0 atom stereocenters. The summed E-state index contributed by atoms with van der Waals surface area (Å²) in [5, 5.41) is 0. The summed E-state index contributed by atoms with van der Waals surface area (Å²) in [6, 6.07) is 0. The van der Waals surface area contributed by atoms with Crippen molar-refractivity contribution < 1.29 is 0 Å². The Balaban J connectivity index is 0. The van der Waals surface area contributed by atoms with Crippen LogP contribution in [0.15, 0.2) is 0 Å². The summed E-state index contributed by atoms with van der Waals surface area (Å²) < 4.78 is 0. The molecule has 0 aromatic rings. The molecule has 0 radical (unpaired) electrons. The Hall–Kier alpha value is 9.61. The summed E-state index contributed by atoms with van der Waals surface area (Å²) in [5.41, 5.74) is 0. The Morgan fingerprint density at radius 1 is 0.200 bits per heavy atom. The molecule has 0 N–H and O–H groups in total. The van der Waals surface area contributed by atoms with Crippen LogP contribution in [0.1, 0.15) is 0 Å². The zero-order valence-electron chi connectivity index (χ0n) is 5.58. The molecule has 0 spiro atoms. The zero-order chi connectivity index (χ0) is 0. The van der Waals surface area contributed by atoms with Crippen molar-refractivity contribution in [3.63, 3.8) is 0 Å². The van der Waals surface area contributed by atoms with Crippen LogP contribution in [0.4, 0.5) is 0 Å². The second kappa shape index (κ2) is 62.5. The van der Waals surface area contributed by atoms with Crippen LogP contribution in [0.3, 0.4) is 0 Å². The largest absolute Gasteiger partial charge is 2.00 e. The second-order valence-corrected chi connectivity index (χ2v) is 0. The summed E-state index contributed by atoms with van der Waals surface area (Å²) in [4.78, 5) is 0. The predicted octanol–water partition coefficient (Wildman–Crippen LogP) is -1.92. The Morgan fingerprint density at radius 2 is 0.200 bits per heavy atom. The topological polar surface area (TPSA) is 0 Å². The fraction of sp³-hybridized carbons (Fsp3) is 0. The smallest absolute Gasteiger partial charge is 2.00 e. The van der Waals surface area contributed by atoms with E-state index in [1.165, 1.54) is 0 Å². The van der Waals surface area contributed by atoms with Crippen LogP contribution in [0.5, 0.6) is 0 Å². The molecule has 0 aliphatic rings. The molecule has 0 aliphatic carbocycles. The number of rotatable bonds is 0. The molecule has 0 amide bonds. The molecule has 0 nitrogen and oxygen atoms in total. The normalized spacial score (nSPS) is 0. The molecule has 10 heteroatoms. The summed E-state index contributed by atoms with van der Waals surface area (Å²) in [5.74, 6) is 0. The first-order chi connectivity index (χ1) is 0. The molecule has 0 heterocycles. The molecule has 0 aromatic heterocycles. The Kier molecular flexibility index (Phi) is 460. The van der Waals surface area contributed by atoms with Crippen LogP contribution < -0.4 is 0 Å². The molecule has 0 aromatic carbocycles. The standard InChI is InChI=1S/5Ba.5S/q5*+2;5*-2. The Morgan fingerprint density at radius 3 is 0.200 bits per heavy atom. The van der Waals surface area contributed by atoms with Gasteiger partial charge in [0.05, 0.1) is 0 Å². The first-order valence-electron chi connectivity index (χ1n) is 0. The van der Waals surface area contributed by atoms with E-state index in [0.717, 1.165) is 0 Å². The molecule has 0 aliphatic heterocycles. The minimum atomic E-state index is 0. The summed E-state index contributed by atoms with van der Waals surface area (Å²) in [6.45, 7) is 0. The van der Waals surface area contributed by atoms with E-state index >= 15 is 0 Å². The van der Waals surface area contributed by atoms with Gasteiger partial charge in [-0.2, -0.15) is 0 Å². The maximum absolute atomic E-state index is 0. The fourth-order valence-corrected chi connectivity index (χ4v) is 0. The van der Waals surface area contributed by atoms with E-state index in [9.17, 15) is 0 Å². The van der Waals surface area contributed by atoms with E-state index in [2.05, 4.69) is 0 Å². The van der Waals surface area contributed by atoms with Crippen LogP contribution in [-0.2, 0) is 67.5 Å². The molecule has 40 valence electrons.